The molecule has 0 amide bonds. The van der Waals surface area contributed by atoms with E-state index in [1.165, 1.54) is 0 Å². The van der Waals surface area contributed by atoms with Gasteiger partial charge in [0.2, 0.25) is 0 Å². The van der Waals surface area contributed by atoms with Gasteiger partial charge in [-0.25, -0.2) is 4.79 Å². The van der Waals surface area contributed by atoms with E-state index in [1.807, 2.05) is 44.2 Å². The molecule has 0 bridgehead atoms. The fraction of sp³-hybridized carbons (Fsp3) is 0.188. The van der Waals surface area contributed by atoms with Gasteiger partial charge in [-0.1, -0.05) is 18.2 Å². The fourth-order valence-electron chi connectivity index (χ4n) is 1.81. The van der Waals surface area contributed by atoms with E-state index < -0.39 is 5.97 Å². The third kappa shape index (κ3) is 3.51. The summed E-state index contributed by atoms with van der Waals surface area (Å²) >= 11 is 0. The fourth-order valence-corrected chi connectivity index (χ4v) is 1.81. The van der Waals surface area contributed by atoms with Crippen molar-refractivity contribution in [2.45, 2.75) is 20.0 Å². The van der Waals surface area contributed by atoms with Gasteiger partial charge in [0.25, 0.3) is 0 Å². The molecule has 2 aromatic carbocycles. The number of ether oxygens (including phenoxy) is 1. The summed E-state index contributed by atoms with van der Waals surface area (Å²) in [5, 5.41) is 12.2. The van der Waals surface area contributed by atoms with Gasteiger partial charge < -0.3 is 15.2 Å². The maximum Gasteiger partial charge on any atom is 0.335 e. The summed E-state index contributed by atoms with van der Waals surface area (Å²) in [6.45, 7) is 3.92. The normalized spacial score (nSPS) is 10.3. The van der Waals surface area contributed by atoms with Crippen LogP contribution in [-0.4, -0.2) is 17.2 Å². The SMILES string of the molecule is CC(C)Oc1ccccc1Nc1cccc(C(=O)O)c1. The zero-order valence-electron chi connectivity index (χ0n) is 11.5. The number of carboxylic acid groups (broad SMARTS) is 1. The second kappa shape index (κ2) is 6.10. The van der Waals surface area contributed by atoms with Crippen LogP contribution in [-0.2, 0) is 0 Å². The Morgan fingerprint density at radius 1 is 1.15 bits per heavy atom. The van der Waals surface area contributed by atoms with Crippen LogP contribution in [0.25, 0.3) is 0 Å². The quantitative estimate of drug-likeness (QED) is 0.865. The number of hydrogen-bond acceptors (Lipinski definition) is 3. The molecule has 0 atom stereocenters. The Morgan fingerprint density at radius 2 is 1.90 bits per heavy atom. The summed E-state index contributed by atoms with van der Waals surface area (Å²) in [5.41, 5.74) is 1.77. The van der Waals surface area contributed by atoms with Crippen molar-refractivity contribution in [3.8, 4) is 5.75 Å². The smallest absolute Gasteiger partial charge is 0.335 e. The second-order valence-electron chi connectivity index (χ2n) is 4.67. The maximum absolute atomic E-state index is 11.0. The van der Waals surface area contributed by atoms with E-state index in [2.05, 4.69) is 5.32 Å². The van der Waals surface area contributed by atoms with Crippen LogP contribution in [0.1, 0.15) is 24.2 Å². The molecule has 2 N–H and O–H groups in total. The molecule has 0 radical (unpaired) electrons. The summed E-state index contributed by atoms with van der Waals surface area (Å²) < 4.78 is 5.72. The average Bonchev–Trinajstić information content (AvgIpc) is 2.41. The van der Waals surface area contributed by atoms with Gasteiger partial charge >= 0.3 is 5.97 Å². The number of aromatic carboxylic acids is 1. The number of nitrogens with one attached hydrogen (secondary N) is 1. The predicted molar refractivity (Wildman–Crippen MR) is 78.9 cm³/mol. The Morgan fingerprint density at radius 3 is 2.60 bits per heavy atom. The Labute approximate surface area is 118 Å². The van der Waals surface area contributed by atoms with Gasteiger partial charge in [0.15, 0.2) is 0 Å². The lowest BCUT2D eigenvalue weighted by Crippen LogP contribution is -2.07. The molecule has 0 saturated heterocycles. The first kappa shape index (κ1) is 13.9. The number of rotatable bonds is 5. The third-order valence-electron chi connectivity index (χ3n) is 2.64. The number of carbonyl (C=O) groups is 1. The van der Waals surface area contributed by atoms with Crippen LogP contribution < -0.4 is 10.1 Å². The van der Waals surface area contributed by atoms with Crippen molar-refractivity contribution in [2.24, 2.45) is 0 Å². The van der Waals surface area contributed by atoms with E-state index in [0.717, 1.165) is 11.4 Å². The minimum atomic E-state index is -0.944. The van der Waals surface area contributed by atoms with Gasteiger partial charge in [-0.05, 0) is 44.2 Å². The Balaban J connectivity index is 2.25. The molecule has 0 aromatic heterocycles. The van der Waals surface area contributed by atoms with Crippen LogP contribution in [0.5, 0.6) is 5.75 Å². The highest BCUT2D eigenvalue weighted by molar-refractivity contribution is 5.89. The van der Waals surface area contributed by atoms with Crippen LogP contribution in [0.15, 0.2) is 48.5 Å². The lowest BCUT2D eigenvalue weighted by Gasteiger charge is -2.15. The molecule has 0 heterocycles. The van der Waals surface area contributed by atoms with E-state index in [1.54, 1.807) is 18.2 Å². The summed E-state index contributed by atoms with van der Waals surface area (Å²) in [6, 6.07) is 14.2. The lowest BCUT2D eigenvalue weighted by atomic mass is 10.2. The zero-order valence-corrected chi connectivity index (χ0v) is 11.5. The molecule has 2 aromatic rings. The Hall–Kier alpha value is -2.49. The first-order chi connectivity index (χ1) is 9.56. The average molecular weight is 271 g/mol. The number of carboxylic acids is 1. The van der Waals surface area contributed by atoms with Crippen molar-refractivity contribution >= 4 is 17.3 Å². The highest BCUT2D eigenvalue weighted by Crippen LogP contribution is 2.28. The molecule has 4 heteroatoms. The molecule has 0 unspecified atom stereocenters. The van der Waals surface area contributed by atoms with Crippen LogP contribution in [0.3, 0.4) is 0 Å². The summed E-state index contributed by atoms with van der Waals surface area (Å²) in [5.74, 6) is -0.205. The van der Waals surface area contributed by atoms with Crippen LogP contribution in [0.4, 0.5) is 11.4 Å². The largest absolute Gasteiger partial charge is 0.489 e. The van der Waals surface area contributed by atoms with Gasteiger partial charge in [-0.2, -0.15) is 0 Å². The van der Waals surface area contributed by atoms with Crippen LogP contribution in [0, 0.1) is 0 Å². The van der Waals surface area contributed by atoms with Crippen molar-refractivity contribution in [3.05, 3.63) is 54.1 Å². The van der Waals surface area contributed by atoms with Crippen molar-refractivity contribution in [1.82, 2.24) is 0 Å². The van der Waals surface area contributed by atoms with Crippen molar-refractivity contribution in [3.63, 3.8) is 0 Å². The van der Waals surface area contributed by atoms with Gasteiger partial charge in [0, 0.05) is 5.69 Å². The first-order valence-corrected chi connectivity index (χ1v) is 6.42. The van der Waals surface area contributed by atoms with Gasteiger partial charge in [-0.15, -0.1) is 0 Å². The molecule has 0 aliphatic heterocycles. The van der Waals surface area contributed by atoms with E-state index in [0.29, 0.717) is 5.69 Å². The summed E-state index contributed by atoms with van der Waals surface area (Å²) in [4.78, 5) is 11.0. The second-order valence-corrected chi connectivity index (χ2v) is 4.67. The molecular formula is C16H17NO3. The minimum Gasteiger partial charge on any atom is -0.489 e. The topological polar surface area (TPSA) is 58.6 Å². The standard InChI is InChI=1S/C16H17NO3/c1-11(2)20-15-9-4-3-8-14(15)17-13-7-5-6-12(10-13)16(18)19/h3-11,17H,1-2H3,(H,18,19). The molecule has 4 nitrogen and oxygen atoms in total. The molecule has 0 aliphatic carbocycles. The molecule has 20 heavy (non-hydrogen) atoms. The van der Waals surface area contributed by atoms with Crippen molar-refractivity contribution in [1.29, 1.82) is 0 Å². The third-order valence-corrected chi connectivity index (χ3v) is 2.64. The summed E-state index contributed by atoms with van der Waals surface area (Å²) in [7, 11) is 0. The number of anilines is 2. The molecule has 2 rings (SSSR count). The first-order valence-electron chi connectivity index (χ1n) is 6.42. The highest BCUT2D eigenvalue weighted by atomic mass is 16.5. The van der Waals surface area contributed by atoms with E-state index in [9.17, 15) is 4.79 Å². The van der Waals surface area contributed by atoms with Crippen LogP contribution in [0.2, 0.25) is 0 Å². The van der Waals surface area contributed by atoms with E-state index in [4.69, 9.17) is 9.84 Å². The molecule has 0 spiro atoms. The lowest BCUT2D eigenvalue weighted by molar-refractivity contribution is 0.0697. The maximum atomic E-state index is 11.0. The Bertz CT molecular complexity index is 608. The number of benzene rings is 2. The van der Waals surface area contributed by atoms with E-state index in [-0.39, 0.29) is 11.7 Å². The minimum absolute atomic E-state index is 0.0725. The molecule has 0 aliphatic rings. The Kier molecular flexibility index (Phi) is 4.25. The van der Waals surface area contributed by atoms with Gasteiger partial charge in [-0.3, -0.25) is 0 Å². The van der Waals surface area contributed by atoms with E-state index >= 15 is 0 Å². The van der Waals surface area contributed by atoms with Crippen molar-refractivity contribution < 1.29 is 14.6 Å². The highest BCUT2D eigenvalue weighted by Gasteiger charge is 2.07. The monoisotopic (exact) mass is 271 g/mol. The zero-order chi connectivity index (χ0) is 14.5. The number of hydrogen-bond donors (Lipinski definition) is 2. The predicted octanol–water partition coefficient (Wildman–Crippen LogP) is 3.92. The molecular weight excluding hydrogens is 254 g/mol. The van der Waals surface area contributed by atoms with Crippen molar-refractivity contribution in [2.75, 3.05) is 5.32 Å². The number of para-hydroxylation sites is 2. The summed E-state index contributed by atoms with van der Waals surface area (Å²) in [6.07, 6.45) is 0.0725. The van der Waals surface area contributed by atoms with Gasteiger partial charge in [0.1, 0.15) is 5.75 Å². The molecule has 104 valence electrons. The molecule has 0 fully saturated rings. The molecule has 0 saturated carbocycles. The van der Waals surface area contributed by atoms with Gasteiger partial charge in [0.05, 0.1) is 17.4 Å². The van der Waals surface area contributed by atoms with Crippen LogP contribution >= 0.6 is 0 Å².